The van der Waals surface area contributed by atoms with Crippen molar-refractivity contribution < 1.29 is 13.2 Å². The molecule has 1 heterocycles. The number of nitrogens with one attached hydrogen (secondary N) is 1. The van der Waals surface area contributed by atoms with Gasteiger partial charge in [0.1, 0.15) is 0 Å². The number of carbonyl (C=O) groups excluding carboxylic acids is 1. The molecule has 0 bridgehead atoms. The highest BCUT2D eigenvalue weighted by Gasteiger charge is 2.27. The van der Waals surface area contributed by atoms with Crippen molar-refractivity contribution in [3.8, 4) is 0 Å². The van der Waals surface area contributed by atoms with Gasteiger partial charge in [-0.15, -0.1) is 0 Å². The molecule has 0 aromatic heterocycles. The van der Waals surface area contributed by atoms with E-state index in [4.69, 9.17) is 0 Å². The maximum absolute atomic E-state index is 12.7. The number of carbonyl (C=O) groups is 1. The summed E-state index contributed by atoms with van der Waals surface area (Å²) in [5, 5.41) is 4.32. The zero-order valence-corrected chi connectivity index (χ0v) is 17.3. The first-order valence-corrected chi connectivity index (χ1v) is 11.6. The third-order valence-corrected chi connectivity index (χ3v) is 7.18. The second-order valence-electron chi connectivity index (χ2n) is 7.36. The van der Waals surface area contributed by atoms with Gasteiger partial charge in [0.25, 0.3) is 5.91 Å². The van der Waals surface area contributed by atoms with Gasteiger partial charge in [-0.25, -0.2) is 13.8 Å². The predicted molar refractivity (Wildman–Crippen MR) is 111 cm³/mol. The molecule has 6 nitrogen and oxygen atoms in total. The molecule has 0 saturated carbocycles. The molecule has 0 unspecified atom stereocenters. The van der Waals surface area contributed by atoms with E-state index in [1.54, 1.807) is 18.2 Å². The van der Waals surface area contributed by atoms with Crippen molar-refractivity contribution in [3.05, 3.63) is 41.5 Å². The van der Waals surface area contributed by atoms with Crippen molar-refractivity contribution in [1.82, 2.24) is 9.73 Å². The van der Waals surface area contributed by atoms with Crippen LogP contribution in [0.2, 0.25) is 0 Å². The molecule has 1 amide bonds. The lowest BCUT2D eigenvalue weighted by atomic mass is 10.1. The fraction of sp³-hybridized carbons (Fsp3) is 0.524. The van der Waals surface area contributed by atoms with Crippen molar-refractivity contribution in [2.75, 3.05) is 13.1 Å². The van der Waals surface area contributed by atoms with E-state index in [0.717, 1.165) is 44.2 Å². The molecule has 7 heteroatoms. The largest absolute Gasteiger partial charge is 0.271 e. The van der Waals surface area contributed by atoms with Crippen LogP contribution in [0.1, 0.15) is 68.6 Å². The average molecular weight is 404 g/mol. The van der Waals surface area contributed by atoms with Gasteiger partial charge in [0.05, 0.1) is 10.6 Å². The molecule has 152 valence electrons. The van der Waals surface area contributed by atoms with Gasteiger partial charge in [-0.3, -0.25) is 4.79 Å². The number of hydrogen-bond donors (Lipinski definition) is 1. The minimum absolute atomic E-state index is 0.163. The van der Waals surface area contributed by atoms with Crippen LogP contribution in [-0.4, -0.2) is 37.4 Å². The van der Waals surface area contributed by atoms with Crippen molar-refractivity contribution in [2.45, 2.75) is 63.2 Å². The highest BCUT2D eigenvalue weighted by Crippen LogP contribution is 2.22. The Morgan fingerprint density at radius 3 is 2.75 bits per heavy atom. The van der Waals surface area contributed by atoms with Crippen molar-refractivity contribution in [1.29, 1.82) is 0 Å². The SMILES string of the molecule is CCCCCC1=CCC/C1=N\NC(=O)c1cccc(S(=O)(=O)N2CCCC2)c1. The van der Waals surface area contributed by atoms with Gasteiger partial charge in [0.2, 0.25) is 10.0 Å². The van der Waals surface area contributed by atoms with Crippen LogP contribution in [0.15, 0.2) is 45.9 Å². The third kappa shape index (κ3) is 4.89. The lowest BCUT2D eigenvalue weighted by Crippen LogP contribution is -2.28. The van der Waals surface area contributed by atoms with E-state index in [0.29, 0.717) is 18.7 Å². The van der Waals surface area contributed by atoms with Gasteiger partial charge >= 0.3 is 0 Å². The Bertz CT molecular complexity index is 869. The Balaban J connectivity index is 1.67. The number of amides is 1. The predicted octanol–water partition coefficient (Wildman–Crippen LogP) is 3.86. The summed E-state index contributed by atoms with van der Waals surface area (Å²) in [7, 11) is -3.54. The topological polar surface area (TPSA) is 78.8 Å². The highest BCUT2D eigenvalue weighted by molar-refractivity contribution is 7.89. The number of rotatable bonds is 8. The average Bonchev–Trinajstić information content (AvgIpc) is 3.39. The summed E-state index contributed by atoms with van der Waals surface area (Å²) in [6.45, 7) is 3.26. The first-order valence-electron chi connectivity index (χ1n) is 10.2. The second kappa shape index (κ2) is 9.47. The van der Waals surface area contributed by atoms with Gasteiger partial charge in [0.15, 0.2) is 0 Å². The maximum Gasteiger partial charge on any atom is 0.271 e. The summed E-state index contributed by atoms with van der Waals surface area (Å²) in [6, 6.07) is 6.21. The van der Waals surface area contributed by atoms with E-state index in [2.05, 4.69) is 23.5 Å². The van der Waals surface area contributed by atoms with Gasteiger partial charge in [-0.05, 0) is 62.3 Å². The molecule has 0 spiro atoms. The van der Waals surface area contributed by atoms with Crippen LogP contribution in [0.5, 0.6) is 0 Å². The molecule has 1 N–H and O–H groups in total. The zero-order chi connectivity index (χ0) is 20.0. The zero-order valence-electron chi connectivity index (χ0n) is 16.5. The Morgan fingerprint density at radius 2 is 2.00 bits per heavy atom. The molecule has 1 aromatic carbocycles. The molecule has 1 aliphatic carbocycles. The Labute approximate surface area is 167 Å². The Hall–Kier alpha value is -1.99. The van der Waals surface area contributed by atoms with E-state index >= 15 is 0 Å². The van der Waals surface area contributed by atoms with Gasteiger partial charge < -0.3 is 0 Å². The van der Waals surface area contributed by atoms with Crippen molar-refractivity contribution in [3.63, 3.8) is 0 Å². The van der Waals surface area contributed by atoms with Gasteiger partial charge in [-0.2, -0.15) is 9.41 Å². The lowest BCUT2D eigenvalue weighted by Gasteiger charge is -2.15. The summed E-state index contributed by atoms with van der Waals surface area (Å²) in [5.41, 5.74) is 5.07. The molecule has 1 fully saturated rings. The number of hydrogen-bond acceptors (Lipinski definition) is 4. The number of hydrazone groups is 1. The van der Waals surface area contributed by atoms with Gasteiger partial charge in [0, 0.05) is 18.7 Å². The lowest BCUT2D eigenvalue weighted by molar-refractivity contribution is 0.0954. The summed E-state index contributed by atoms with van der Waals surface area (Å²) in [4.78, 5) is 12.7. The molecule has 2 aliphatic rings. The molecule has 1 saturated heterocycles. The molecular weight excluding hydrogens is 374 g/mol. The van der Waals surface area contributed by atoms with E-state index < -0.39 is 10.0 Å². The summed E-state index contributed by atoms with van der Waals surface area (Å²) in [6.07, 6.45) is 10.2. The number of nitrogens with zero attached hydrogens (tertiary/aromatic N) is 2. The van der Waals surface area contributed by atoms with E-state index in [1.165, 1.54) is 28.8 Å². The Morgan fingerprint density at radius 1 is 1.21 bits per heavy atom. The molecule has 1 aliphatic heterocycles. The van der Waals surface area contributed by atoms with Crippen LogP contribution >= 0.6 is 0 Å². The van der Waals surface area contributed by atoms with Crippen LogP contribution in [-0.2, 0) is 10.0 Å². The van der Waals surface area contributed by atoms with E-state index in [-0.39, 0.29) is 10.8 Å². The number of allylic oxidation sites excluding steroid dienone is 2. The van der Waals surface area contributed by atoms with Crippen LogP contribution in [0.4, 0.5) is 0 Å². The summed E-state index contributed by atoms with van der Waals surface area (Å²) in [5.74, 6) is -0.384. The fourth-order valence-electron chi connectivity index (χ4n) is 3.66. The highest BCUT2D eigenvalue weighted by atomic mass is 32.2. The third-order valence-electron chi connectivity index (χ3n) is 5.28. The molecule has 28 heavy (non-hydrogen) atoms. The minimum Gasteiger partial charge on any atom is -0.267 e. The number of sulfonamides is 1. The standard InChI is InChI=1S/C21H29N3O3S/c1-2-3-4-9-17-10-8-13-20(17)22-23-21(25)18-11-7-12-19(16-18)28(26,27)24-14-5-6-15-24/h7,10-12,16H,2-6,8-9,13-15H2,1H3,(H,23,25)/b22-20+. The molecule has 1 aromatic rings. The van der Waals surface area contributed by atoms with Crippen LogP contribution in [0.25, 0.3) is 0 Å². The Kier molecular flexibility index (Phi) is 7.02. The van der Waals surface area contributed by atoms with E-state index in [1.807, 2.05) is 0 Å². The van der Waals surface area contributed by atoms with Gasteiger partial charge in [-0.1, -0.05) is 31.9 Å². The number of unbranched alkanes of at least 4 members (excludes halogenated alkanes) is 2. The quantitative estimate of drug-likeness (QED) is 0.529. The fourth-order valence-corrected chi connectivity index (χ4v) is 5.22. The molecule has 3 rings (SSSR count). The smallest absolute Gasteiger partial charge is 0.267 e. The van der Waals surface area contributed by atoms with Crippen molar-refractivity contribution in [2.24, 2.45) is 5.10 Å². The van der Waals surface area contributed by atoms with Crippen molar-refractivity contribution >= 4 is 21.6 Å². The second-order valence-corrected chi connectivity index (χ2v) is 9.30. The molecular formula is C21H29N3O3S. The summed E-state index contributed by atoms with van der Waals surface area (Å²) >= 11 is 0. The normalized spacial score (nSPS) is 19.2. The minimum atomic E-state index is -3.54. The molecule has 0 atom stereocenters. The maximum atomic E-state index is 12.7. The number of benzene rings is 1. The van der Waals surface area contributed by atoms with E-state index in [9.17, 15) is 13.2 Å². The monoisotopic (exact) mass is 403 g/mol. The summed E-state index contributed by atoms with van der Waals surface area (Å²) < 4.78 is 26.9. The molecule has 0 radical (unpaired) electrons. The van der Waals surface area contributed by atoms with Crippen LogP contribution < -0.4 is 5.43 Å². The van der Waals surface area contributed by atoms with Crippen LogP contribution in [0.3, 0.4) is 0 Å². The first kappa shape index (κ1) is 20.7. The van der Waals surface area contributed by atoms with Crippen LogP contribution in [0, 0.1) is 0 Å². The first-order chi connectivity index (χ1) is 13.5.